The van der Waals surface area contributed by atoms with E-state index in [0.717, 1.165) is 54.6 Å². The number of anilines is 6. The monoisotopic (exact) mass is 960 g/mol. The van der Waals surface area contributed by atoms with Crippen LogP contribution in [0, 0.1) is 51.0 Å². The molecule has 0 radical (unpaired) electrons. The molecule has 0 aliphatic carbocycles. The molecule has 8 heteroatoms. The lowest BCUT2D eigenvalue weighted by Crippen LogP contribution is -2.37. The van der Waals surface area contributed by atoms with Crippen molar-refractivity contribution >= 4 is 93.0 Å². The zero-order chi connectivity index (χ0) is 49.6. The van der Waals surface area contributed by atoms with E-state index < -0.39 is 39.4 Å². The third-order valence-electron chi connectivity index (χ3n) is 13.7. The zero-order valence-corrected chi connectivity index (χ0v) is 43.4. The largest absolute Gasteiger partial charge is 0.307 e. The first-order valence-electron chi connectivity index (χ1n) is 23.9. The van der Waals surface area contributed by atoms with Gasteiger partial charge in [0.2, 0.25) is 0 Å². The van der Waals surface area contributed by atoms with Crippen LogP contribution in [0.25, 0.3) is 54.6 Å². The van der Waals surface area contributed by atoms with Crippen LogP contribution >= 0.6 is 0 Å². The van der Waals surface area contributed by atoms with Crippen molar-refractivity contribution in [1.29, 1.82) is 0 Å². The molecule has 0 aliphatic rings. The normalized spacial score (nSPS) is 12.1. The van der Waals surface area contributed by atoms with Crippen LogP contribution in [0.15, 0.2) is 158 Å². The van der Waals surface area contributed by atoms with Crippen LogP contribution in [0.3, 0.4) is 0 Å². The van der Waals surface area contributed by atoms with Crippen molar-refractivity contribution in [1.82, 2.24) is 0 Å². The van der Waals surface area contributed by atoms with Gasteiger partial charge < -0.3 is 9.80 Å². The Labute approximate surface area is 410 Å². The van der Waals surface area contributed by atoms with Gasteiger partial charge in [-0.3, -0.25) is 0 Å². The fourth-order valence-electron chi connectivity index (χ4n) is 10.3. The van der Waals surface area contributed by atoms with Gasteiger partial charge in [0, 0.05) is 45.4 Å². The van der Waals surface area contributed by atoms with E-state index in [1.165, 1.54) is 34.6 Å². The smallest absolute Gasteiger partial charge is 0.148 e. The minimum absolute atomic E-state index is 0.0804. The van der Waals surface area contributed by atoms with Crippen LogP contribution in [-0.2, 0) is 0 Å². The Balaban J connectivity index is 1.20. The van der Waals surface area contributed by atoms with E-state index in [1.54, 1.807) is 0 Å². The summed E-state index contributed by atoms with van der Waals surface area (Å²) in [5.41, 5.74) is 8.34. The summed E-state index contributed by atoms with van der Waals surface area (Å²) in [4.78, 5) is 3.65. The number of halogens is 4. The van der Waals surface area contributed by atoms with Crippen molar-refractivity contribution in [2.24, 2.45) is 0 Å². The Morgan fingerprint density at radius 3 is 0.986 bits per heavy atom. The molecule has 0 atom stereocenters. The second kappa shape index (κ2) is 17.4. The van der Waals surface area contributed by atoms with Gasteiger partial charge in [-0.2, -0.15) is 0 Å². The molecule has 10 aromatic carbocycles. The first-order chi connectivity index (χ1) is 33.2. The molecule has 0 aromatic heterocycles. The fourth-order valence-corrected chi connectivity index (χ4v) is 12.6. The van der Waals surface area contributed by atoms with E-state index in [-0.39, 0.29) is 22.5 Å². The highest BCUT2D eigenvalue weighted by atomic mass is 28.3. The standard InChI is InChI=1S/C62H56F4N2Si2/c1-37-27-38(2)30-43(29-37)51-33-55(65)59(35-53(51)63)67(45-15-19-47(20-16-45)69(5,6)7)57-25-13-41-12-24-50-58(26-14-42-11-23-49(57)61(41)62(42)50)68(46-17-21-48(22-18-46)70(8,9)10)60-36-54(64)52(34-56(60)66)44-31-39(3)28-40(4)32-44/h11-36H,1-10H3. The van der Waals surface area contributed by atoms with Crippen LogP contribution in [0.2, 0.25) is 39.3 Å². The average Bonchev–Trinajstić information content (AvgIpc) is 3.30. The Hall–Kier alpha value is -7.01. The van der Waals surface area contributed by atoms with Gasteiger partial charge in [0.1, 0.15) is 23.3 Å². The molecule has 10 aromatic rings. The molecule has 0 N–H and O–H groups in total. The second-order valence-corrected chi connectivity index (χ2v) is 31.3. The third-order valence-corrected chi connectivity index (χ3v) is 17.8. The minimum atomic E-state index is -1.72. The van der Waals surface area contributed by atoms with Gasteiger partial charge in [0.15, 0.2) is 0 Å². The van der Waals surface area contributed by atoms with Crippen molar-refractivity contribution in [3.8, 4) is 22.3 Å². The van der Waals surface area contributed by atoms with E-state index >= 15 is 17.6 Å². The van der Waals surface area contributed by atoms with Crippen molar-refractivity contribution in [2.45, 2.75) is 67.0 Å². The van der Waals surface area contributed by atoms with E-state index in [1.807, 2.05) is 135 Å². The molecule has 0 unspecified atom stereocenters. The SMILES string of the molecule is Cc1cc(C)cc(-c2cc(F)c(N(c3ccc([Si](C)(C)C)cc3)c3ccc4ccc5c(N(c6ccc([Si](C)(C)C)cc6)c6cc(F)c(-c7cc(C)cc(C)c7)cc6F)ccc6ccc3c4c65)cc2F)c1. The first-order valence-corrected chi connectivity index (χ1v) is 30.9. The molecule has 0 amide bonds. The lowest BCUT2D eigenvalue weighted by atomic mass is 9.91. The molecule has 0 aliphatic heterocycles. The highest BCUT2D eigenvalue weighted by molar-refractivity contribution is 6.89. The summed E-state index contributed by atoms with van der Waals surface area (Å²) in [6.07, 6.45) is 0. The van der Waals surface area contributed by atoms with Crippen LogP contribution in [0.1, 0.15) is 22.3 Å². The summed E-state index contributed by atoms with van der Waals surface area (Å²) >= 11 is 0. The van der Waals surface area contributed by atoms with Gasteiger partial charge >= 0.3 is 0 Å². The molecule has 0 fully saturated rings. The lowest BCUT2D eigenvalue weighted by Gasteiger charge is -2.30. The summed E-state index contributed by atoms with van der Waals surface area (Å²) in [6, 6.07) is 49.4. The van der Waals surface area contributed by atoms with Gasteiger partial charge in [-0.25, -0.2) is 17.6 Å². The Morgan fingerprint density at radius 2 is 0.657 bits per heavy atom. The molecule has 350 valence electrons. The summed E-state index contributed by atoms with van der Waals surface area (Å²) in [5.74, 6) is -2.19. The molecular weight excluding hydrogens is 905 g/mol. The van der Waals surface area contributed by atoms with Gasteiger partial charge in [-0.05, 0) is 109 Å². The quantitative estimate of drug-likeness (QED) is 0.0766. The molecule has 0 spiro atoms. The van der Waals surface area contributed by atoms with Crippen molar-refractivity contribution in [3.63, 3.8) is 0 Å². The number of rotatable bonds is 10. The maximum absolute atomic E-state index is 17.1. The number of aryl methyl sites for hydroxylation is 4. The van der Waals surface area contributed by atoms with Crippen molar-refractivity contribution < 1.29 is 17.6 Å². The molecule has 0 bridgehead atoms. The van der Waals surface area contributed by atoms with Crippen LogP contribution < -0.4 is 20.2 Å². The molecular formula is C62H56F4N2Si2. The zero-order valence-electron chi connectivity index (χ0n) is 41.4. The highest BCUT2D eigenvalue weighted by Gasteiger charge is 2.28. The predicted octanol–water partition coefficient (Wildman–Crippen LogP) is 17.7. The van der Waals surface area contributed by atoms with Crippen molar-refractivity contribution in [3.05, 3.63) is 203 Å². The van der Waals surface area contributed by atoms with E-state index in [4.69, 9.17) is 0 Å². The maximum Gasteiger partial charge on any atom is 0.148 e. The van der Waals surface area contributed by atoms with E-state index in [2.05, 4.69) is 75.7 Å². The van der Waals surface area contributed by atoms with E-state index in [9.17, 15) is 0 Å². The number of benzene rings is 10. The molecule has 0 saturated heterocycles. The van der Waals surface area contributed by atoms with E-state index in [0.29, 0.717) is 33.9 Å². The summed E-state index contributed by atoms with van der Waals surface area (Å²) in [5, 5.41) is 7.84. The van der Waals surface area contributed by atoms with Gasteiger partial charge in [0.25, 0.3) is 0 Å². The predicted molar refractivity (Wildman–Crippen MR) is 295 cm³/mol. The molecule has 70 heavy (non-hydrogen) atoms. The Kier molecular flexibility index (Phi) is 11.6. The fraction of sp³-hybridized carbons (Fsp3) is 0.161. The lowest BCUT2D eigenvalue weighted by molar-refractivity contribution is 0.604. The van der Waals surface area contributed by atoms with Crippen LogP contribution in [-0.4, -0.2) is 16.1 Å². The topological polar surface area (TPSA) is 6.48 Å². The molecule has 10 rings (SSSR count). The third kappa shape index (κ3) is 8.47. The van der Waals surface area contributed by atoms with Crippen LogP contribution in [0.4, 0.5) is 51.7 Å². The van der Waals surface area contributed by atoms with Gasteiger partial charge in [-0.15, -0.1) is 0 Å². The summed E-state index contributed by atoms with van der Waals surface area (Å²) in [6.45, 7) is 21.5. The van der Waals surface area contributed by atoms with Gasteiger partial charge in [-0.1, -0.05) is 169 Å². The van der Waals surface area contributed by atoms with Gasteiger partial charge in [0.05, 0.1) is 38.9 Å². The maximum atomic E-state index is 17.1. The Bertz CT molecular complexity index is 3380. The second-order valence-electron chi connectivity index (χ2n) is 21.2. The van der Waals surface area contributed by atoms with Crippen molar-refractivity contribution in [2.75, 3.05) is 9.80 Å². The minimum Gasteiger partial charge on any atom is -0.307 e. The molecule has 0 heterocycles. The first kappa shape index (κ1) is 46.7. The summed E-state index contributed by atoms with van der Waals surface area (Å²) < 4.78 is 67.6. The average molecular weight is 961 g/mol. The number of hydrogen-bond donors (Lipinski definition) is 0. The molecule has 2 nitrogen and oxygen atoms in total. The highest BCUT2D eigenvalue weighted by Crippen LogP contribution is 2.49. The molecule has 0 saturated carbocycles. The summed E-state index contributed by atoms with van der Waals surface area (Å²) in [7, 11) is -3.43. The number of nitrogens with zero attached hydrogens (tertiary/aromatic N) is 2. The van der Waals surface area contributed by atoms with Crippen LogP contribution in [0.5, 0.6) is 0 Å². The number of hydrogen-bond acceptors (Lipinski definition) is 2. The Morgan fingerprint density at radius 1 is 0.329 bits per heavy atom.